The van der Waals surface area contributed by atoms with Crippen molar-refractivity contribution in [1.29, 1.82) is 0 Å². The van der Waals surface area contributed by atoms with E-state index in [1.54, 1.807) is 0 Å². The topological polar surface area (TPSA) is 75.6 Å². The van der Waals surface area contributed by atoms with Crippen molar-refractivity contribution in [1.82, 2.24) is 5.32 Å². The normalized spacial score (nSPS) is 28.0. The van der Waals surface area contributed by atoms with Crippen LogP contribution in [0.3, 0.4) is 0 Å². The van der Waals surface area contributed by atoms with E-state index in [0.717, 1.165) is 12.8 Å². The van der Waals surface area contributed by atoms with Crippen LogP contribution in [0.25, 0.3) is 0 Å². The van der Waals surface area contributed by atoms with E-state index in [9.17, 15) is 9.59 Å². The van der Waals surface area contributed by atoms with Gasteiger partial charge in [0.15, 0.2) is 0 Å². The molecule has 2 saturated carbocycles. The van der Waals surface area contributed by atoms with E-state index in [1.165, 1.54) is 12.8 Å². The van der Waals surface area contributed by atoms with Crippen molar-refractivity contribution in [2.45, 2.75) is 38.2 Å². The van der Waals surface area contributed by atoms with Crippen molar-refractivity contribution < 1.29 is 19.4 Å². The van der Waals surface area contributed by atoms with Gasteiger partial charge in [-0.05, 0) is 19.3 Å². The van der Waals surface area contributed by atoms with Gasteiger partial charge in [-0.1, -0.05) is 12.8 Å². The highest BCUT2D eigenvalue weighted by Crippen LogP contribution is 2.38. The Morgan fingerprint density at radius 2 is 1.94 bits per heavy atom. The second-order valence-corrected chi connectivity index (χ2v) is 4.86. The zero-order valence-electron chi connectivity index (χ0n) is 9.85. The smallest absolute Gasteiger partial charge is 0.307 e. The monoisotopic (exact) mass is 241 g/mol. The van der Waals surface area contributed by atoms with Gasteiger partial charge in [0, 0.05) is 6.54 Å². The summed E-state index contributed by atoms with van der Waals surface area (Å²) in [5.74, 6) is -1.80. The molecule has 2 aliphatic carbocycles. The lowest BCUT2D eigenvalue weighted by atomic mass is 10.3. The van der Waals surface area contributed by atoms with E-state index < -0.39 is 11.9 Å². The lowest BCUT2D eigenvalue weighted by Gasteiger charge is -2.11. The molecule has 0 aromatic carbocycles. The molecule has 0 radical (unpaired) electrons. The van der Waals surface area contributed by atoms with Crippen molar-refractivity contribution in [2.24, 2.45) is 11.8 Å². The maximum Gasteiger partial charge on any atom is 0.307 e. The number of carbonyl (C=O) groups is 2. The van der Waals surface area contributed by atoms with E-state index >= 15 is 0 Å². The van der Waals surface area contributed by atoms with Gasteiger partial charge in [0.25, 0.3) is 0 Å². The third-order valence-corrected chi connectivity index (χ3v) is 3.50. The molecule has 2 atom stereocenters. The van der Waals surface area contributed by atoms with Crippen LogP contribution < -0.4 is 5.32 Å². The van der Waals surface area contributed by atoms with Crippen LogP contribution in [0.2, 0.25) is 0 Å². The molecule has 1 amide bonds. The Morgan fingerprint density at radius 3 is 2.53 bits per heavy atom. The zero-order chi connectivity index (χ0) is 12.3. The van der Waals surface area contributed by atoms with Gasteiger partial charge in [-0.25, -0.2) is 0 Å². The van der Waals surface area contributed by atoms with Gasteiger partial charge >= 0.3 is 5.97 Å². The van der Waals surface area contributed by atoms with Crippen LogP contribution in [0.5, 0.6) is 0 Å². The summed E-state index contributed by atoms with van der Waals surface area (Å²) in [6, 6.07) is 0. The van der Waals surface area contributed by atoms with Crippen molar-refractivity contribution in [3.8, 4) is 0 Å². The van der Waals surface area contributed by atoms with Crippen LogP contribution in [-0.4, -0.2) is 36.2 Å². The van der Waals surface area contributed by atoms with E-state index in [4.69, 9.17) is 9.84 Å². The molecule has 2 rings (SSSR count). The van der Waals surface area contributed by atoms with Crippen LogP contribution in [-0.2, 0) is 14.3 Å². The van der Waals surface area contributed by atoms with Crippen LogP contribution in [0, 0.1) is 11.8 Å². The fraction of sp³-hybridized carbons (Fsp3) is 0.833. The second-order valence-electron chi connectivity index (χ2n) is 4.86. The Labute approximate surface area is 101 Å². The van der Waals surface area contributed by atoms with Gasteiger partial charge in [-0.3, -0.25) is 9.59 Å². The summed E-state index contributed by atoms with van der Waals surface area (Å²) in [5.41, 5.74) is 0. The number of amides is 1. The molecular weight excluding hydrogens is 222 g/mol. The number of nitrogens with one attached hydrogen (secondary N) is 1. The first-order valence-corrected chi connectivity index (χ1v) is 6.30. The third kappa shape index (κ3) is 3.43. The van der Waals surface area contributed by atoms with Gasteiger partial charge in [0.05, 0.1) is 24.5 Å². The maximum atomic E-state index is 11.5. The average Bonchev–Trinajstić information content (AvgIpc) is 2.95. The highest BCUT2D eigenvalue weighted by Gasteiger charge is 2.48. The first-order chi connectivity index (χ1) is 8.18. The van der Waals surface area contributed by atoms with E-state index in [2.05, 4.69) is 5.32 Å². The van der Waals surface area contributed by atoms with Crippen molar-refractivity contribution >= 4 is 11.9 Å². The van der Waals surface area contributed by atoms with Gasteiger partial charge in [0.2, 0.25) is 5.91 Å². The number of hydrogen-bond donors (Lipinski definition) is 2. The molecule has 0 aromatic heterocycles. The molecule has 2 fully saturated rings. The summed E-state index contributed by atoms with van der Waals surface area (Å²) in [6.45, 7) is 1.01. The van der Waals surface area contributed by atoms with Gasteiger partial charge < -0.3 is 15.2 Å². The van der Waals surface area contributed by atoms with Crippen molar-refractivity contribution in [3.63, 3.8) is 0 Å². The molecule has 5 heteroatoms. The molecule has 2 aliphatic rings. The molecule has 17 heavy (non-hydrogen) atoms. The Kier molecular flexibility index (Phi) is 3.99. The molecule has 5 nitrogen and oxygen atoms in total. The molecule has 0 spiro atoms. The lowest BCUT2D eigenvalue weighted by Crippen LogP contribution is -2.30. The van der Waals surface area contributed by atoms with Crippen LogP contribution >= 0.6 is 0 Å². The van der Waals surface area contributed by atoms with Crippen molar-refractivity contribution in [3.05, 3.63) is 0 Å². The minimum Gasteiger partial charge on any atom is -0.481 e. The fourth-order valence-corrected chi connectivity index (χ4v) is 2.34. The number of ether oxygens (including phenoxy) is 1. The third-order valence-electron chi connectivity index (χ3n) is 3.50. The molecule has 0 saturated heterocycles. The summed E-state index contributed by atoms with van der Waals surface area (Å²) < 4.78 is 5.60. The molecular formula is C12H19NO4. The maximum absolute atomic E-state index is 11.5. The first-order valence-electron chi connectivity index (χ1n) is 6.30. The predicted molar refractivity (Wildman–Crippen MR) is 60.5 cm³/mol. The Morgan fingerprint density at radius 1 is 1.24 bits per heavy atom. The van der Waals surface area contributed by atoms with E-state index in [0.29, 0.717) is 25.7 Å². The quantitative estimate of drug-likeness (QED) is 0.674. The van der Waals surface area contributed by atoms with Crippen molar-refractivity contribution in [2.75, 3.05) is 13.2 Å². The highest BCUT2D eigenvalue weighted by molar-refractivity contribution is 5.89. The zero-order valence-corrected chi connectivity index (χ0v) is 9.85. The van der Waals surface area contributed by atoms with Gasteiger partial charge in [0.1, 0.15) is 0 Å². The minimum absolute atomic E-state index is 0.146. The molecule has 2 unspecified atom stereocenters. The van der Waals surface area contributed by atoms with E-state index in [-0.39, 0.29) is 11.8 Å². The SMILES string of the molecule is O=C(O)C1CC1C(=O)NCCOC1CCCC1. The van der Waals surface area contributed by atoms with E-state index in [1.807, 2.05) is 0 Å². The fourth-order valence-electron chi connectivity index (χ4n) is 2.34. The number of hydrogen-bond acceptors (Lipinski definition) is 3. The van der Waals surface area contributed by atoms with Crippen LogP contribution in [0.4, 0.5) is 0 Å². The average molecular weight is 241 g/mol. The Bertz CT molecular complexity index is 299. The minimum atomic E-state index is -0.868. The molecule has 96 valence electrons. The summed E-state index contributed by atoms with van der Waals surface area (Å²) in [6.07, 6.45) is 5.55. The number of carboxylic acid groups (broad SMARTS) is 1. The molecule has 0 heterocycles. The summed E-state index contributed by atoms with van der Waals surface area (Å²) in [7, 11) is 0. The number of carbonyl (C=O) groups excluding carboxylic acids is 1. The number of aliphatic carboxylic acids is 1. The summed E-state index contributed by atoms with van der Waals surface area (Å²) in [4.78, 5) is 22.1. The lowest BCUT2D eigenvalue weighted by molar-refractivity contribution is -0.140. The predicted octanol–water partition coefficient (Wildman–Crippen LogP) is 0.782. The first kappa shape index (κ1) is 12.4. The summed E-state index contributed by atoms with van der Waals surface area (Å²) >= 11 is 0. The highest BCUT2D eigenvalue weighted by atomic mass is 16.5. The van der Waals surface area contributed by atoms with Crippen LogP contribution in [0.1, 0.15) is 32.1 Å². The standard InChI is InChI=1S/C12H19NO4/c14-11(9-7-10(9)12(15)16)13-5-6-17-8-3-1-2-4-8/h8-10H,1-7H2,(H,13,14)(H,15,16). The largest absolute Gasteiger partial charge is 0.481 e. The molecule has 0 aromatic rings. The second kappa shape index (κ2) is 5.49. The van der Waals surface area contributed by atoms with Gasteiger partial charge in [-0.2, -0.15) is 0 Å². The Balaban J connectivity index is 1.53. The molecule has 0 aliphatic heterocycles. The molecule has 0 bridgehead atoms. The summed E-state index contributed by atoms with van der Waals surface area (Å²) in [5, 5.41) is 11.4. The molecule has 2 N–H and O–H groups in total. The Hall–Kier alpha value is -1.10. The number of carboxylic acids is 1. The van der Waals surface area contributed by atoms with Crippen LogP contribution in [0.15, 0.2) is 0 Å². The number of rotatable bonds is 6. The van der Waals surface area contributed by atoms with Gasteiger partial charge in [-0.15, -0.1) is 0 Å².